The lowest BCUT2D eigenvalue weighted by Crippen LogP contribution is -2.54. The van der Waals surface area contributed by atoms with Crippen molar-refractivity contribution in [3.8, 4) is 0 Å². The first kappa shape index (κ1) is 31.2. The Morgan fingerprint density at radius 3 is 2.34 bits per heavy atom. The topological polar surface area (TPSA) is 124 Å². The molecule has 2 saturated heterocycles. The number of rotatable bonds is 11. The van der Waals surface area contributed by atoms with Crippen molar-refractivity contribution in [3.05, 3.63) is 41.4 Å². The van der Waals surface area contributed by atoms with E-state index in [4.69, 9.17) is 17.3 Å². The molecule has 4 rings (SSSR count). The summed E-state index contributed by atoms with van der Waals surface area (Å²) in [5.41, 5.74) is 5.45. The number of amides is 3. The highest BCUT2D eigenvalue weighted by molar-refractivity contribution is 7.89. The molecule has 10 nitrogen and oxygen atoms in total. The minimum atomic E-state index is -4.28. The monoisotopic (exact) mass is 605 g/mol. The van der Waals surface area contributed by atoms with Crippen molar-refractivity contribution < 1.29 is 22.8 Å². The maximum absolute atomic E-state index is 13.8. The maximum atomic E-state index is 13.8. The first-order valence-electron chi connectivity index (χ1n) is 14.2. The van der Waals surface area contributed by atoms with Gasteiger partial charge in [0.25, 0.3) is 0 Å². The summed E-state index contributed by atoms with van der Waals surface area (Å²) in [5, 5.41) is 1.92. The van der Waals surface area contributed by atoms with Gasteiger partial charge >= 0.3 is 0 Å². The van der Waals surface area contributed by atoms with Crippen LogP contribution in [0, 0.1) is 0 Å². The van der Waals surface area contributed by atoms with E-state index in [1.165, 1.54) is 23.5 Å². The van der Waals surface area contributed by atoms with Crippen molar-refractivity contribution in [3.63, 3.8) is 0 Å². The van der Waals surface area contributed by atoms with Gasteiger partial charge in [0.2, 0.25) is 27.7 Å². The number of piperidine rings is 1. The molecule has 2 N–H and O–H groups in total. The Morgan fingerprint density at radius 2 is 1.68 bits per heavy atom. The van der Waals surface area contributed by atoms with Gasteiger partial charge < -0.3 is 20.4 Å². The molecule has 0 aliphatic carbocycles. The lowest BCUT2D eigenvalue weighted by molar-refractivity contribution is -0.145. The lowest BCUT2D eigenvalue weighted by Gasteiger charge is -2.35. The van der Waals surface area contributed by atoms with Gasteiger partial charge in [-0.05, 0) is 88.2 Å². The van der Waals surface area contributed by atoms with Gasteiger partial charge in [0.05, 0.1) is 11.4 Å². The van der Waals surface area contributed by atoms with Crippen LogP contribution in [0.3, 0.4) is 0 Å². The SMILES string of the molecule is CC(C)N(CCN1CCCCC1)C(=O)[C@H](C)N1CC[C@H](N(CC(N)=O)S(=O)(=O)c2ccc3cc(Cl)ccc3c2)C1=O. The number of halogens is 1. The fraction of sp³-hybridized carbons (Fsp3) is 0.552. The molecule has 0 spiro atoms. The number of carbonyl (C=O) groups excluding carboxylic acids is 3. The predicted octanol–water partition coefficient (Wildman–Crippen LogP) is 2.68. The molecule has 2 aromatic carbocycles. The summed E-state index contributed by atoms with van der Waals surface area (Å²) in [5.74, 6) is -1.56. The Morgan fingerprint density at radius 1 is 1.02 bits per heavy atom. The van der Waals surface area contributed by atoms with Crippen molar-refractivity contribution >= 4 is 50.1 Å². The summed E-state index contributed by atoms with van der Waals surface area (Å²) in [7, 11) is -4.28. The van der Waals surface area contributed by atoms with Crippen molar-refractivity contribution in [2.75, 3.05) is 39.3 Å². The molecule has 0 unspecified atom stereocenters. The van der Waals surface area contributed by atoms with Crippen LogP contribution in [0.25, 0.3) is 10.8 Å². The number of hydrogen-bond donors (Lipinski definition) is 1. The van der Waals surface area contributed by atoms with Gasteiger partial charge in [0, 0.05) is 30.7 Å². The van der Waals surface area contributed by atoms with Crippen LogP contribution in [-0.4, -0.2) is 103 Å². The van der Waals surface area contributed by atoms with E-state index < -0.39 is 40.5 Å². The summed E-state index contributed by atoms with van der Waals surface area (Å²) in [6, 6.07) is 7.64. The summed E-state index contributed by atoms with van der Waals surface area (Å²) in [4.78, 5) is 44.8. The van der Waals surface area contributed by atoms with Crippen LogP contribution in [0.2, 0.25) is 5.02 Å². The molecular formula is C29H40ClN5O5S. The van der Waals surface area contributed by atoms with Gasteiger partial charge in [-0.15, -0.1) is 0 Å². The standard InChI is InChI=1S/C29H40ClN5O5S/c1-20(2)33(16-15-32-12-5-4-6-13-32)28(37)21(3)34-14-11-26(29(34)38)35(19-27(31)36)41(39,40)25-10-8-22-17-24(30)9-7-23(22)18-25/h7-10,17-18,20-21,26H,4-6,11-16,19H2,1-3H3,(H2,31,36)/t21-,26-/m0/s1. The normalized spacial score (nSPS) is 19.3. The number of hydrogen-bond acceptors (Lipinski definition) is 6. The number of likely N-dealkylation sites (tertiary alicyclic amines) is 2. The highest BCUT2D eigenvalue weighted by atomic mass is 35.5. The molecule has 2 aliphatic rings. The van der Waals surface area contributed by atoms with Crippen LogP contribution in [-0.2, 0) is 24.4 Å². The largest absolute Gasteiger partial charge is 0.369 e. The number of nitrogens with zero attached hydrogens (tertiary/aromatic N) is 4. The molecule has 0 saturated carbocycles. The summed E-state index contributed by atoms with van der Waals surface area (Å²) in [6.07, 6.45) is 3.69. The molecule has 12 heteroatoms. The second kappa shape index (κ2) is 13.1. The first-order chi connectivity index (χ1) is 19.4. The van der Waals surface area contributed by atoms with E-state index in [2.05, 4.69) is 4.90 Å². The van der Waals surface area contributed by atoms with Crippen LogP contribution < -0.4 is 5.73 Å². The fourth-order valence-electron chi connectivity index (χ4n) is 5.77. The van der Waals surface area contributed by atoms with E-state index in [9.17, 15) is 22.8 Å². The third-order valence-corrected chi connectivity index (χ3v) is 10.2. The molecule has 2 heterocycles. The molecule has 0 aromatic heterocycles. The maximum Gasteiger partial charge on any atom is 0.245 e. The molecular weight excluding hydrogens is 566 g/mol. The Labute approximate surface area is 247 Å². The molecule has 3 amide bonds. The van der Waals surface area contributed by atoms with Gasteiger partial charge in [0.1, 0.15) is 12.1 Å². The van der Waals surface area contributed by atoms with Gasteiger partial charge in [-0.3, -0.25) is 14.4 Å². The van der Waals surface area contributed by atoms with Crippen molar-refractivity contribution in [1.29, 1.82) is 0 Å². The molecule has 2 aliphatic heterocycles. The van der Waals surface area contributed by atoms with Gasteiger partial charge in [0.15, 0.2) is 0 Å². The average molecular weight is 606 g/mol. The Balaban J connectivity index is 1.53. The third-order valence-electron chi connectivity index (χ3n) is 8.09. The van der Waals surface area contributed by atoms with E-state index in [-0.39, 0.29) is 29.8 Å². The Hall–Kier alpha value is -2.73. The highest BCUT2D eigenvalue weighted by Gasteiger charge is 2.45. The molecule has 2 atom stereocenters. The summed E-state index contributed by atoms with van der Waals surface area (Å²) < 4.78 is 28.5. The zero-order chi connectivity index (χ0) is 29.9. The number of primary amides is 1. The average Bonchev–Trinajstić information content (AvgIpc) is 3.31. The van der Waals surface area contributed by atoms with Gasteiger partial charge in [-0.2, -0.15) is 4.31 Å². The smallest absolute Gasteiger partial charge is 0.245 e. The number of nitrogens with two attached hydrogens (primary N) is 1. The second-order valence-corrected chi connectivity index (χ2v) is 13.5. The molecule has 0 radical (unpaired) electrons. The van der Waals surface area contributed by atoms with Crippen LogP contribution in [0.4, 0.5) is 0 Å². The minimum Gasteiger partial charge on any atom is -0.369 e. The number of carbonyl (C=O) groups is 3. The van der Waals surface area contributed by atoms with E-state index in [0.717, 1.165) is 42.2 Å². The first-order valence-corrected chi connectivity index (χ1v) is 16.0. The van der Waals surface area contributed by atoms with Crippen LogP contribution in [0.15, 0.2) is 41.3 Å². The van der Waals surface area contributed by atoms with Gasteiger partial charge in [-0.25, -0.2) is 8.42 Å². The third kappa shape index (κ3) is 7.02. The molecule has 0 bridgehead atoms. The van der Waals surface area contributed by atoms with E-state index in [0.29, 0.717) is 17.0 Å². The number of fused-ring (bicyclic) bond motifs is 1. The van der Waals surface area contributed by atoms with Gasteiger partial charge in [-0.1, -0.05) is 30.2 Å². The lowest BCUT2D eigenvalue weighted by atomic mass is 10.1. The summed E-state index contributed by atoms with van der Waals surface area (Å²) in [6.45, 7) is 8.51. The van der Waals surface area contributed by atoms with E-state index in [1.54, 1.807) is 36.1 Å². The molecule has 2 fully saturated rings. The second-order valence-electron chi connectivity index (χ2n) is 11.2. The quantitative estimate of drug-likeness (QED) is 0.420. The molecule has 224 valence electrons. The highest BCUT2D eigenvalue weighted by Crippen LogP contribution is 2.29. The van der Waals surface area contributed by atoms with Crippen LogP contribution >= 0.6 is 11.6 Å². The van der Waals surface area contributed by atoms with Crippen LogP contribution in [0.1, 0.15) is 46.5 Å². The Bertz CT molecular complexity index is 1400. The zero-order valence-electron chi connectivity index (χ0n) is 24.0. The summed E-state index contributed by atoms with van der Waals surface area (Å²) >= 11 is 6.06. The zero-order valence-corrected chi connectivity index (χ0v) is 25.5. The van der Waals surface area contributed by atoms with Crippen molar-refractivity contribution in [1.82, 2.24) is 19.0 Å². The number of benzene rings is 2. The fourth-order valence-corrected chi connectivity index (χ4v) is 7.57. The Kier molecular flexibility index (Phi) is 9.94. The molecule has 2 aromatic rings. The van der Waals surface area contributed by atoms with E-state index >= 15 is 0 Å². The van der Waals surface area contributed by atoms with Crippen LogP contribution in [0.5, 0.6) is 0 Å². The number of sulfonamides is 1. The molecule has 41 heavy (non-hydrogen) atoms. The van der Waals surface area contributed by atoms with Crippen molar-refractivity contribution in [2.24, 2.45) is 5.73 Å². The van der Waals surface area contributed by atoms with Crippen molar-refractivity contribution in [2.45, 2.75) is 69.5 Å². The predicted molar refractivity (Wildman–Crippen MR) is 159 cm³/mol. The van der Waals surface area contributed by atoms with E-state index in [1.807, 2.05) is 13.8 Å². The minimum absolute atomic E-state index is 0.0576.